The molecular weight excluding hydrogens is 260 g/mol. The van der Waals surface area contributed by atoms with Gasteiger partial charge in [0.15, 0.2) is 5.78 Å². The van der Waals surface area contributed by atoms with Crippen molar-refractivity contribution in [2.45, 2.75) is 39.7 Å². The first kappa shape index (κ1) is 13.9. The lowest BCUT2D eigenvalue weighted by atomic mass is 9.90. The Morgan fingerprint density at radius 1 is 1.05 bits per heavy atom. The summed E-state index contributed by atoms with van der Waals surface area (Å²) in [6.07, 6.45) is 2.60. The molecule has 21 heavy (non-hydrogen) atoms. The third-order valence-corrected chi connectivity index (χ3v) is 4.13. The summed E-state index contributed by atoms with van der Waals surface area (Å²) in [6.45, 7) is 4.76. The lowest BCUT2D eigenvalue weighted by molar-refractivity contribution is 0.0972. The van der Waals surface area contributed by atoms with Crippen LogP contribution >= 0.6 is 0 Å². The molecule has 0 aliphatic heterocycles. The highest BCUT2D eigenvalue weighted by atomic mass is 16.5. The van der Waals surface area contributed by atoms with Gasteiger partial charge >= 0.3 is 0 Å². The molecule has 0 amide bonds. The lowest BCUT2D eigenvalue weighted by Gasteiger charge is -2.16. The normalized spacial score (nSPS) is 13.9. The molecule has 0 atom stereocenters. The Hall–Kier alpha value is -2.09. The summed E-state index contributed by atoms with van der Waals surface area (Å²) in [5.41, 5.74) is 5.71. The first-order chi connectivity index (χ1) is 10.1. The van der Waals surface area contributed by atoms with E-state index in [0.29, 0.717) is 13.0 Å². The number of rotatable bonds is 3. The van der Waals surface area contributed by atoms with Gasteiger partial charge in [-0.15, -0.1) is 0 Å². The molecule has 2 heteroatoms. The number of benzene rings is 2. The molecule has 0 N–H and O–H groups in total. The van der Waals surface area contributed by atoms with Gasteiger partial charge in [0.1, 0.15) is 12.4 Å². The van der Waals surface area contributed by atoms with Gasteiger partial charge in [0, 0.05) is 12.0 Å². The Balaban J connectivity index is 1.77. The van der Waals surface area contributed by atoms with Crippen molar-refractivity contribution in [3.05, 3.63) is 64.2 Å². The van der Waals surface area contributed by atoms with Crippen LogP contribution in [0.3, 0.4) is 0 Å². The maximum atomic E-state index is 11.8. The topological polar surface area (TPSA) is 26.3 Å². The van der Waals surface area contributed by atoms with Gasteiger partial charge in [-0.2, -0.15) is 0 Å². The van der Waals surface area contributed by atoms with E-state index in [4.69, 9.17) is 4.74 Å². The minimum atomic E-state index is 0.261. The zero-order valence-corrected chi connectivity index (χ0v) is 12.6. The summed E-state index contributed by atoms with van der Waals surface area (Å²) in [5, 5.41) is 0. The molecule has 1 aliphatic carbocycles. The summed E-state index contributed by atoms with van der Waals surface area (Å²) in [7, 11) is 0. The van der Waals surface area contributed by atoms with Gasteiger partial charge in [0.05, 0.1) is 0 Å². The van der Waals surface area contributed by atoms with E-state index < -0.39 is 0 Å². The second-order valence-corrected chi connectivity index (χ2v) is 5.81. The van der Waals surface area contributed by atoms with Crippen molar-refractivity contribution in [3.63, 3.8) is 0 Å². The van der Waals surface area contributed by atoms with E-state index in [1.54, 1.807) is 0 Å². The van der Waals surface area contributed by atoms with Crippen molar-refractivity contribution in [1.82, 2.24) is 0 Å². The van der Waals surface area contributed by atoms with Crippen molar-refractivity contribution in [2.24, 2.45) is 0 Å². The third kappa shape index (κ3) is 2.99. The highest BCUT2D eigenvalue weighted by Gasteiger charge is 2.17. The zero-order valence-electron chi connectivity index (χ0n) is 12.6. The molecule has 2 aromatic carbocycles. The maximum Gasteiger partial charge on any atom is 0.163 e. The number of carbonyl (C=O) groups excluding carboxylic acids is 1. The van der Waals surface area contributed by atoms with Crippen LogP contribution in [0.2, 0.25) is 0 Å². The standard InChI is InChI=1S/C19H20O2/c1-13-6-7-14(2)16(10-13)12-21-17-8-9-18-15(11-17)4-3-5-19(18)20/h6-11H,3-5,12H2,1-2H3. The summed E-state index contributed by atoms with van der Waals surface area (Å²) in [6, 6.07) is 12.3. The molecule has 3 rings (SSSR count). The van der Waals surface area contributed by atoms with E-state index in [1.165, 1.54) is 16.7 Å². The van der Waals surface area contributed by atoms with Gasteiger partial charge < -0.3 is 4.74 Å². The maximum absolute atomic E-state index is 11.8. The summed E-state index contributed by atoms with van der Waals surface area (Å²) >= 11 is 0. The van der Waals surface area contributed by atoms with Gasteiger partial charge in [-0.05, 0) is 61.6 Å². The predicted octanol–water partition coefficient (Wildman–Crippen LogP) is 4.40. The number of carbonyl (C=O) groups is 1. The van der Waals surface area contributed by atoms with Crippen LogP contribution in [0.5, 0.6) is 5.75 Å². The highest BCUT2D eigenvalue weighted by Crippen LogP contribution is 2.26. The van der Waals surface area contributed by atoms with Gasteiger partial charge in [-0.1, -0.05) is 23.8 Å². The number of aryl methyl sites for hydroxylation is 3. The summed E-state index contributed by atoms with van der Waals surface area (Å²) in [5.74, 6) is 1.11. The molecule has 1 aliphatic rings. The van der Waals surface area contributed by atoms with Crippen LogP contribution in [0.1, 0.15) is 45.5 Å². The van der Waals surface area contributed by atoms with Gasteiger partial charge in [-0.25, -0.2) is 0 Å². The SMILES string of the molecule is Cc1ccc(C)c(COc2ccc3c(c2)CCCC3=O)c1. The zero-order chi connectivity index (χ0) is 14.8. The molecule has 0 heterocycles. The van der Waals surface area contributed by atoms with Crippen molar-refractivity contribution in [2.75, 3.05) is 0 Å². The van der Waals surface area contributed by atoms with E-state index in [9.17, 15) is 4.79 Å². The fourth-order valence-electron chi connectivity index (χ4n) is 2.83. The van der Waals surface area contributed by atoms with Crippen molar-refractivity contribution in [1.29, 1.82) is 0 Å². The fraction of sp³-hybridized carbons (Fsp3) is 0.316. The molecule has 2 aromatic rings. The summed E-state index contributed by atoms with van der Waals surface area (Å²) in [4.78, 5) is 11.8. The fourth-order valence-corrected chi connectivity index (χ4v) is 2.83. The molecule has 0 spiro atoms. The first-order valence-corrected chi connectivity index (χ1v) is 7.48. The average molecular weight is 280 g/mol. The second kappa shape index (κ2) is 5.72. The Morgan fingerprint density at radius 3 is 2.76 bits per heavy atom. The molecular formula is C19H20O2. The van der Waals surface area contributed by atoms with Crippen LogP contribution < -0.4 is 4.74 Å². The number of Topliss-reactive ketones (excluding diaryl/α,β-unsaturated/α-hetero) is 1. The molecule has 108 valence electrons. The van der Waals surface area contributed by atoms with E-state index >= 15 is 0 Å². The van der Waals surface area contributed by atoms with Crippen molar-refractivity contribution in [3.8, 4) is 5.75 Å². The minimum absolute atomic E-state index is 0.261. The monoisotopic (exact) mass is 280 g/mol. The van der Waals surface area contributed by atoms with Gasteiger partial charge in [0.2, 0.25) is 0 Å². The lowest BCUT2D eigenvalue weighted by Crippen LogP contribution is -2.10. The van der Waals surface area contributed by atoms with E-state index in [1.807, 2.05) is 18.2 Å². The van der Waals surface area contributed by atoms with Crippen LogP contribution in [0.25, 0.3) is 0 Å². The molecule has 0 radical (unpaired) electrons. The van der Waals surface area contributed by atoms with Crippen LogP contribution in [0.4, 0.5) is 0 Å². The predicted molar refractivity (Wildman–Crippen MR) is 84.0 cm³/mol. The Morgan fingerprint density at radius 2 is 1.90 bits per heavy atom. The van der Waals surface area contributed by atoms with Gasteiger partial charge in [-0.3, -0.25) is 4.79 Å². The van der Waals surface area contributed by atoms with Crippen LogP contribution in [0.15, 0.2) is 36.4 Å². The molecule has 0 aromatic heterocycles. The average Bonchev–Trinajstić information content (AvgIpc) is 2.48. The number of ether oxygens (including phenoxy) is 1. The number of fused-ring (bicyclic) bond motifs is 1. The second-order valence-electron chi connectivity index (χ2n) is 5.81. The molecule has 0 saturated heterocycles. The molecule has 0 bridgehead atoms. The molecule has 0 fully saturated rings. The van der Waals surface area contributed by atoms with Gasteiger partial charge in [0.25, 0.3) is 0 Å². The van der Waals surface area contributed by atoms with Crippen molar-refractivity contribution < 1.29 is 9.53 Å². The molecule has 2 nitrogen and oxygen atoms in total. The molecule has 0 unspecified atom stereocenters. The summed E-state index contributed by atoms with van der Waals surface area (Å²) < 4.78 is 5.92. The first-order valence-electron chi connectivity index (χ1n) is 7.48. The number of ketones is 1. The van der Waals surface area contributed by atoms with E-state index in [-0.39, 0.29) is 5.78 Å². The Kier molecular flexibility index (Phi) is 3.78. The van der Waals surface area contributed by atoms with E-state index in [0.717, 1.165) is 29.7 Å². The Bertz CT molecular complexity index is 686. The smallest absolute Gasteiger partial charge is 0.163 e. The van der Waals surface area contributed by atoms with Crippen molar-refractivity contribution >= 4 is 5.78 Å². The van der Waals surface area contributed by atoms with Crippen LogP contribution in [0, 0.1) is 13.8 Å². The highest BCUT2D eigenvalue weighted by molar-refractivity contribution is 5.98. The number of hydrogen-bond donors (Lipinski definition) is 0. The van der Waals surface area contributed by atoms with E-state index in [2.05, 4.69) is 32.0 Å². The third-order valence-electron chi connectivity index (χ3n) is 4.13. The Labute approximate surface area is 125 Å². The largest absolute Gasteiger partial charge is 0.489 e. The van der Waals surface area contributed by atoms with Crippen LogP contribution in [-0.2, 0) is 13.0 Å². The molecule has 0 saturated carbocycles. The van der Waals surface area contributed by atoms with Crippen LogP contribution in [-0.4, -0.2) is 5.78 Å². The quantitative estimate of drug-likeness (QED) is 0.833. The minimum Gasteiger partial charge on any atom is -0.489 e. The number of hydrogen-bond acceptors (Lipinski definition) is 2.